The Morgan fingerprint density at radius 2 is 1.93 bits per heavy atom. The van der Waals surface area contributed by atoms with Gasteiger partial charge in [-0.25, -0.2) is 9.59 Å². The molecule has 3 aliphatic carbocycles. The van der Waals surface area contributed by atoms with Crippen LogP contribution < -0.4 is 4.74 Å². The second kappa shape index (κ2) is 6.49. The quantitative estimate of drug-likeness (QED) is 0.545. The lowest BCUT2D eigenvalue weighted by Gasteiger charge is -2.35. The fraction of sp³-hybridized carbons (Fsp3) is 0.450. The molecule has 0 N–H and O–H groups in total. The summed E-state index contributed by atoms with van der Waals surface area (Å²) in [7, 11) is 2.81. The summed E-state index contributed by atoms with van der Waals surface area (Å²) in [6.07, 6.45) is 3.21. The third-order valence-electron chi connectivity index (χ3n) is 6.00. The fourth-order valence-electron chi connectivity index (χ4n) is 4.92. The highest BCUT2D eigenvalue weighted by atomic mass is 35.5. The van der Waals surface area contributed by atoms with Crippen molar-refractivity contribution in [2.45, 2.75) is 36.1 Å². The van der Waals surface area contributed by atoms with E-state index < -0.39 is 27.8 Å². The van der Waals surface area contributed by atoms with Gasteiger partial charge in [-0.1, -0.05) is 35.3 Å². The summed E-state index contributed by atoms with van der Waals surface area (Å²) in [5, 5.41) is 0. The zero-order chi connectivity index (χ0) is 20.3. The molecule has 0 saturated heterocycles. The Hall–Kier alpha value is -2.05. The van der Waals surface area contributed by atoms with Gasteiger partial charge < -0.3 is 14.2 Å². The van der Waals surface area contributed by atoms with Crippen molar-refractivity contribution in [3.05, 3.63) is 34.9 Å². The number of hydrogen-bond acceptors (Lipinski definition) is 6. The van der Waals surface area contributed by atoms with Crippen LogP contribution in [-0.2, 0) is 25.5 Å². The van der Waals surface area contributed by atoms with E-state index in [0.717, 1.165) is 16.7 Å². The molecule has 1 aromatic carbocycles. The second-order valence-corrected chi connectivity index (χ2v) is 8.53. The smallest absolute Gasteiger partial charge is 0.341 e. The third-order valence-corrected chi connectivity index (χ3v) is 6.36. The molecule has 1 fully saturated rings. The molecule has 0 radical (unpaired) electrons. The van der Waals surface area contributed by atoms with Crippen molar-refractivity contribution in [1.29, 1.82) is 0 Å². The van der Waals surface area contributed by atoms with Gasteiger partial charge in [0.1, 0.15) is 11.3 Å². The molecule has 0 heterocycles. The van der Waals surface area contributed by atoms with Crippen LogP contribution in [0.3, 0.4) is 0 Å². The van der Waals surface area contributed by atoms with Crippen molar-refractivity contribution >= 4 is 46.5 Å². The van der Waals surface area contributed by atoms with Gasteiger partial charge in [0, 0.05) is 24.7 Å². The van der Waals surface area contributed by atoms with Crippen LogP contribution in [0.25, 0.3) is 5.57 Å². The number of carbonyl (C=O) groups is 3. The van der Waals surface area contributed by atoms with Crippen LogP contribution in [0.1, 0.15) is 40.7 Å². The van der Waals surface area contributed by atoms with Gasteiger partial charge in [-0.2, -0.15) is 0 Å². The molecule has 4 rings (SSSR count). The number of carbonyl (C=O) groups excluding carboxylic acids is 3. The molecule has 148 valence electrons. The van der Waals surface area contributed by atoms with Crippen LogP contribution in [0.2, 0.25) is 0 Å². The SMILES string of the molecule is COC(=O)c1c(OC)ccc2c1CC13CC(=O)C(OC(=O)C(Cl)Cl)(CC=C21)C3. The lowest BCUT2D eigenvalue weighted by Crippen LogP contribution is -2.42. The summed E-state index contributed by atoms with van der Waals surface area (Å²) >= 11 is 11.2. The van der Waals surface area contributed by atoms with Gasteiger partial charge in [0.15, 0.2) is 11.4 Å². The van der Waals surface area contributed by atoms with Gasteiger partial charge in [-0.15, -0.1) is 0 Å². The average molecular weight is 425 g/mol. The number of ether oxygens (including phenoxy) is 3. The highest BCUT2D eigenvalue weighted by Gasteiger charge is 2.62. The molecule has 8 heteroatoms. The van der Waals surface area contributed by atoms with Gasteiger partial charge in [0.05, 0.1) is 14.2 Å². The maximum atomic E-state index is 12.9. The minimum Gasteiger partial charge on any atom is -0.496 e. The lowest BCUT2D eigenvalue weighted by atomic mass is 9.73. The van der Waals surface area contributed by atoms with E-state index in [1.807, 2.05) is 12.1 Å². The summed E-state index contributed by atoms with van der Waals surface area (Å²) in [5.41, 5.74) is 1.29. The number of Topliss-reactive ketones (excluding diaryl/α,β-unsaturated/α-hetero) is 1. The highest BCUT2D eigenvalue weighted by Crippen LogP contribution is 2.63. The van der Waals surface area contributed by atoms with E-state index in [9.17, 15) is 14.4 Å². The van der Waals surface area contributed by atoms with Gasteiger partial charge in [-0.05, 0) is 29.2 Å². The van der Waals surface area contributed by atoms with Crippen LogP contribution >= 0.6 is 23.2 Å². The Kier molecular flexibility index (Phi) is 4.47. The molecule has 0 aromatic heterocycles. The predicted molar refractivity (Wildman–Crippen MR) is 102 cm³/mol. The monoisotopic (exact) mass is 424 g/mol. The standard InChI is InChI=1S/C20H18Cl2O6/c1-26-13-4-3-10-11(15(13)17(24)27-2)7-19-8-14(23)20(9-19,6-5-12(10)19)28-18(25)16(21)22/h3-5,16H,6-9H2,1-2H3. The summed E-state index contributed by atoms with van der Waals surface area (Å²) in [4.78, 5) is 36.0. The Morgan fingerprint density at radius 1 is 1.18 bits per heavy atom. The first-order valence-electron chi connectivity index (χ1n) is 8.80. The van der Waals surface area contributed by atoms with E-state index >= 15 is 0 Å². The molecule has 1 aromatic rings. The molecular weight excluding hydrogens is 407 g/mol. The first-order valence-corrected chi connectivity index (χ1v) is 9.68. The fourth-order valence-corrected chi connectivity index (χ4v) is 5.01. The zero-order valence-corrected chi connectivity index (χ0v) is 16.9. The average Bonchev–Trinajstić information content (AvgIpc) is 3.09. The summed E-state index contributed by atoms with van der Waals surface area (Å²) in [6, 6.07) is 3.63. The van der Waals surface area contributed by atoms with Crippen molar-refractivity contribution < 1.29 is 28.6 Å². The molecular formula is C20H18Cl2O6. The molecule has 2 unspecified atom stereocenters. The molecule has 28 heavy (non-hydrogen) atoms. The van der Waals surface area contributed by atoms with E-state index in [-0.39, 0.29) is 18.6 Å². The molecule has 2 bridgehead atoms. The maximum Gasteiger partial charge on any atom is 0.341 e. The van der Waals surface area contributed by atoms with Crippen LogP contribution in [-0.4, -0.2) is 42.4 Å². The van der Waals surface area contributed by atoms with Crippen molar-refractivity contribution in [2.24, 2.45) is 5.41 Å². The van der Waals surface area contributed by atoms with E-state index in [1.54, 1.807) is 6.07 Å². The van der Waals surface area contributed by atoms with E-state index in [0.29, 0.717) is 24.2 Å². The number of fused-ring (bicyclic) bond motifs is 3. The molecule has 3 aliphatic rings. The Balaban J connectivity index is 1.78. The Labute approximate surface area is 171 Å². The molecule has 6 nitrogen and oxygen atoms in total. The zero-order valence-electron chi connectivity index (χ0n) is 15.3. The first kappa shape index (κ1) is 19.3. The van der Waals surface area contributed by atoms with Gasteiger partial charge in [-0.3, -0.25) is 4.79 Å². The highest BCUT2D eigenvalue weighted by molar-refractivity contribution is 6.53. The number of hydrogen-bond donors (Lipinski definition) is 0. The summed E-state index contributed by atoms with van der Waals surface area (Å²) < 4.78 is 15.8. The number of esters is 2. The molecule has 0 aliphatic heterocycles. The van der Waals surface area contributed by atoms with E-state index in [4.69, 9.17) is 37.4 Å². The molecule has 1 spiro atoms. The minimum atomic E-state index is -1.35. The van der Waals surface area contributed by atoms with Crippen molar-refractivity contribution in [3.63, 3.8) is 0 Å². The first-order chi connectivity index (χ1) is 13.3. The van der Waals surface area contributed by atoms with E-state index in [2.05, 4.69) is 0 Å². The molecule has 2 atom stereocenters. The van der Waals surface area contributed by atoms with Crippen LogP contribution in [0.4, 0.5) is 0 Å². The number of benzene rings is 1. The maximum absolute atomic E-state index is 12.9. The Morgan fingerprint density at radius 3 is 2.57 bits per heavy atom. The van der Waals surface area contributed by atoms with Crippen molar-refractivity contribution in [2.75, 3.05) is 14.2 Å². The topological polar surface area (TPSA) is 78.9 Å². The Bertz CT molecular complexity index is 937. The molecule has 0 amide bonds. The number of methoxy groups -OCH3 is 2. The number of alkyl halides is 2. The normalized spacial score (nSPS) is 27.2. The third kappa shape index (κ3) is 2.58. The summed E-state index contributed by atoms with van der Waals surface area (Å²) in [5.74, 6) is -1.03. The molecule has 1 saturated carbocycles. The van der Waals surface area contributed by atoms with Crippen LogP contribution in [0.5, 0.6) is 5.75 Å². The minimum absolute atomic E-state index is 0.152. The summed E-state index contributed by atoms with van der Waals surface area (Å²) in [6.45, 7) is 0. The van der Waals surface area contributed by atoms with Crippen molar-refractivity contribution in [3.8, 4) is 5.75 Å². The van der Waals surface area contributed by atoms with Crippen molar-refractivity contribution in [1.82, 2.24) is 0 Å². The van der Waals surface area contributed by atoms with Gasteiger partial charge in [0.2, 0.25) is 4.84 Å². The number of allylic oxidation sites excluding steroid dienone is 1. The number of rotatable bonds is 4. The van der Waals surface area contributed by atoms with Crippen LogP contribution in [0.15, 0.2) is 18.2 Å². The van der Waals surface area contributed by atoms with Gasteiger partial charge in [0.25, 0.3) is 0 Å². The van der Waals surface area contributed by atoms with E-state index in [1.165, 1.54) is 14.2 Å². The number of halogens is 2. The predicted octanol–water partition coefficient (Wildman–Crippen LogP) is 3.26. The lowest BCUT2D eigenvalue weighted by molar-refractivity contribution is -0.164. The second-order valence-electron chi connectivity index (χ2n) is 7.43. The van der Waals surface area contributed by atoms with Gasteiger partial charge >= 0.3 is 11.9 Å². The number of ketones is 1. The van der Waals surface area contributed by atoms with Crippen LogP contribution in [0, 0.1) is 5.41 Å². The largest absolute Gasteiger partial charge is 0.496 e.